The van der Waals surface area contributed by atoms with E-state index in [0.717, 1.165) is 0 Å². The largest absolute Gasteiger partial charge is 0.591 e. The van der Waals surface area contributed by atoms with Crippen LogP contribution in [0.1, 0.15) is 39.8 Å². The van der Waals surface area contributed by atoms with Gasteiger partial charge in [-0.25, -0.2) is 9.37 Å². The summed E-state index contributed by atoms with van der Waals surface area (Å²) in [5, 5.41) is 0. The van der Waals surface area contributed by atoms with Crippen LogP contribution in [-0.4, -0.2) is 26.2 Å². The minimum Gasteiger partial charge on any atom is -0.591 e. The van der Waals surface area contributed by atoms with Crippen LogP contribution in [0.3, 0.4) is 0 Å². The summed E-state index contributed by atoms with van der Waals surface area (Å²) in [5.74, 6) is 0. The number of pyridine rings is 1. The Bertz CT molecular complexity index is 462. The Morgan fingerprint density at radius 2 is 2.16 bits per heavy atom. The van der Waals surface area contributed by atoms with Crippen molar-refractivity contribution in [1.29, 1.82) is 0 Å². The molecule has 0 saturated heterocycles. The van der Waals surface area contributed by atoms with E-state index < -0.39 is 22.3 Å². The van der Waals surface area contributed by atoms with Gasteiger partial charge in [0, 0.05) is 0 Å². The van der Waals surface area contributed by atoms with Crippen LogP contribution in [-0.2, 0) is 11.4 Å². The maximum atomic E-state index is 14.0. The van der Waals surface area contributed by atoms with Crippen LogP contribution < -0.4 is 0 Å². The SMILES string of the molecule is CC[C@@H](F)/C(=N/[S+]([O-])C(C)(C)C)c1cccc(Br)n1. The second-order valence-electron chi connectivity index (χ2n) is 5.06. The first-order valence-electron chi connectivity index (χ1n) is 6.03. The van der Waals surface area contributed by atoms with Crippen LogP contribution >= 0.6 is 15.9 Å². The lowest BCUT2D eigenvalue weighted by molar-refractivity contribution is 0.414. The number of halogens is 2. The second kappa shape index (κ2) is 6.81. The highest BCUT2D eigenvalue weighted by atomic mass is 79.9. The lowest BCUT2D eigenvalue weighted by Crippen LogP contribution is -2.29. The van der Waals surface area contributed by atoms with Gasteiger partial charge in [0.25, 0.3) is 0 Å². The molecule has 1 aromatic rings. The van der Waals surface area contributed by atoms with Crippen LogP contribution in [0, 0.1) is 0 Å². The molecule has 0 aliphatic rings. The van der Waals surface area contributed by atoms with Gasteiger partial charge in [0.15, 0.2) is 5.71 Å². The molecule has 0 aromatic carbocycles. The molecule has 1 aromatic heterocycles. The van der Waals surface area contributed by atoms with Gasteiger partial charge in [0.1, 0.15) is 26.9 Å². The number of nitrogens with zero attached hydrogens (tertiary/aromatic N) is 2. The zero-order valence-corrected chi connectivity index (χ0v) is 13.9. The summed E-state index contributed by atoms with van der Waals surface area (Å²) in [4.78, 5) is 4.19. The van der Waals surface area contributed by atoms with Crippen molar-refractivity contribution in [3.63, 3.8) is 0 Å². The Labute approximate surface area is 125 Å². The molecule has 0 spiro atoms. The molecule has 0 aliphatic carbocycles. The zero-order valence-electron chi connectivity index (χ0n) is 11.5. The fourth-order valence-corrected chi connectivity index (χ4v) is 2.24. The molecule has 0 aliphatic heterocycles. The number of hydrogen-bond donors (Lipinski definition) is 0. The fourth-order valence-electron chi connectivity index (χ4n) is 1.23. The maximum absolute atomic E-state index is 14.0. The summed E-state index contributed by atoms with van der Waals surface area (Å²) in [6.07, 6.45) is -0.998. The molecule has 0 bridgehead atoms. The number of hydrogen-bond acceptors (Lipinski definition) is 3. The van der Waals surface area contributed by atoms with Gasteiger partial charge >= 0.3 is 0 Å². The minimum absolute atomic E-state index is 0.150. The summed E-state index contributed by atoms with van der Waals surface area (Å²) in [6, 6.07) is 5.18. The number of alkyl halides is 1. The quantitative estimate of drug-likeness (QED) is 0.471. The molecule has 1 rings (SSSR count). The first-order valence-corrected chi connectivity index (χ1v) is 7.93. The van der Waals surface area contributed by atoms with E-state index in [1.54, 1.807) is 45.9 Å². The van der Waals surface area contributed by atoms with E-state index in [2.05, 4.69) is 25.3 Å². The Kier molecular flexibility index (Phi) is 5.95. The van der Waals surface area contributed by atoms with Crippen molar-refractivity contribution >= 4 is 33.0 Å². The van der Waals surface area contributed by atoms with Crippen molar-refractivity contribution in [1.82, 2.24) is 4.98 Å². The molecule has 0 amide bonds. The minimum atomic E-state index is -1.50. The third-order valence-electron chi connectivity index (χ3n) is 2.34. The van der Waals surface area contributed by atoms with E-state index in [9.17, 15) is 8.94 Å². The molecule has 106 valence electrons. The van der Waals surface area contributed by atoms with Gasteiger partial charge in [0.05, 0.1) is 5.69 Å². The summed E-state index contributed by atoms with van der Waals surface area (Å²) >= 11 is 1.74. The average molecular weight is 349 g/mol. The summed E-state index contributed by atoms with van der Waals surface area (Å²) in [7, 11) is 0. The van der Waals surface area contributed by atoms with Crippen LogP contribution in [0.2, 0.25) is 0 Å². The molecule has 1 heterocycles. The monoisotopic (exact) mass is 348 g/mol. The predicted octanol–water partition coefficient (Wildman–Crippen LogP) is 3.84. The van der Waals surface area contributed by atoms with Gasteiger partial charge in [-0.05, 0) is 55.3 Å². The Morgan fingerprint density at radius 1 is 1.53 bits per heavy atom. The van der Waals surface area contributed by atoms with Crippen LogP contribution in [0.25, 0.3) is 0 Å². The van der Waals surface area contributed by atoms with Crippen molar-refractivity contribution in [2.75, 3.05) is 0 Å². The van der Waals surface area contributed by atoms with E-state index in [1.165, 1.54) is 0 Å². The van der Waals surface area contributed by atoms with E-state index in [0.29, 0.717) is 10.3 Å². The van der Waals surface area contributed by atoms with E-state index in [-0.39, 0.29) is 12.1 Å². The smallest absolute Gasteiger partial charge is 0.151 e. The zero-order chi connectivity index (χ0) is 14.6. The molecule has 19 heavy (non-hydrogen) atoms. The van der Waals surface area contributed by atoms with Crippen LogP contribution in [0.5, 0.6) is 0 Å². The molecular weight excluding hydrogens is 331 g/mol. The lowest BCUT2D eigenvalue weighted by atomic mass is 10.1. The normalized spacial score (nSPS) is 16.3. The lowest BCUT2D eigenvalue weighted by Gasteiger charge is -2.20. The fraction of sp³-hybridized carbons (Fsp3) is 0.538. The molecule has 1 unspecified atom stereocenters. The molecule has 0 radical (unpaired) electrons. The summed E-state index contributed by atoms with van der Waals surface area (Å²) < 4.78 is 30.2. The maximum Gasteiger partial charge on any atom is 0.151 e. The highest BCUT2D eigenvalue weighted by molar-refractivity contribution is 9.10. The Balaban J connectivity index is 3.19. The van der Waals surface area contributed by atoms with Gasteiger partial charge in [-0.15, -0.1) is 0 Å². The molecule has 0 fully saturated rings. The van der Waals surface area contributed by atoms with Gasteiger partial charge in [0.2, 0.25) is 0 Å². The van der Waals surface area contributed by atoms with Crippen molar-refractivity contribution in [2.45, 2.75) is 45.0 Å². The number of aromatic nitrogens is 1. The van der Waals surface area contributed by atoms with Gasteiger partial charge in [-0.2, -0.15) is 0 Å². The third kappa shape index (κ3) is 4.85. The average Bonchev–Trinajstić information content (AvgIpc) is 2.33. The highest BCUT2D eigenvalue weighted by Gasteiger charge is 2.29. The number of rotatable bonds is 4. The van der Waals surface area contributed by atoms with Gasteiger partial charge in [-0.1, -0.05) is 17.4 Å². The van der Waals surface area contributed by atoms with Crippen molar-refractivity contribution < 1.29 is 8.94 Å². The molecule has 0 N–H and O–H groups in total. The van der Waals surface area contributed by atoms with E-state index >= 15 is 0 Å². The van der Waals surface area contributed by atoms with Gasteiger partial charge in [-0.3, -0.25) is 0 Å². The summed E-state index contributed by atoms with van der Waals surface area (Å²) in [6.45, 7) is 7.13. The van der Waals surface area contributed by atoms with Gasteiger partial charge < -0.3 is 4.55 Å². The topological polar surface area (TPSA) is 48.3 Å². The van der Waals surface area contributed by atoms with Crippen molar-refractivity contribution in [3.8, 4) is 0 Å². The molecule has 3 nitrogen and oxygen atoms in total. The van der Waals surface area contributed by atoms with E-state index in [1.807, 2.05) is 0 Å². The van der Waals surface area contributed by atoms with E-state index in [4.69, 9.17) is 0 Å². The standard InChI is InChI=1S/C13H18BrFN2OS/c1-5-9(15)12(17-19(18)13(2,3)4)10-7-6-8-11(14)16-10/h6-9H,5H2,1-4H3/b17-12-/t9-,19?/m1/s1. The third-order valence-corrected chi connectivity index (χ3v) is 4.19. The first-order chi connectivity index (χ1) is 8.75. The Morgan fingerprint density at radius 3 is 2.63 bits per heavy atom. The molecule has 2 atom stereocenters. The van der Waals surface area contributed by atoms with Crippen molar-refractivity contribution in [2.24, 2.45) is 4.40 Å². The molecular formula is C13H18BrFN2OS. The van der Waals surface area contributed by atoms with Crippen LogP contribution in [0.4, 0.5) is 4.39 Å². The Hall–Kier alpha value is -0.460. The first kappa shape index (κ1) is 16.6. The van der Waals surface area contributed by atoms with Crippen LogP contribution in [0.15, 0.2) is 27.2 Å². The molecule has 6 heteroatoms. The molecule has 0 saturated carbocycles. The predicted molar refractivity (Wildman–Crippen MR) is 81.6 cm³/mol. The summed E-state index contributed by atoms with van der Waals surface area (Å²) in [5.41, 5.74) is 0.568. The highest BCUT2D eigenvalue weighted by Crippen LogP contribution is 2.20. The van der Waals surface area contributed by atoms with Crippen molar-refractivity contribution in [3.05, 3.63) is 28.5 Å². The second-order valence-corrected chi connectivity index (χ2v) is 7.78.